The summed E-state index contributed by atoms with van der Waals surface area (Å²) in [6.07, 6.45) is 7.66. The van der Waals surface area contributed by atoms with Crippen molar-refractivity contribution in [3.63, 3.8) is 0 Å². The molecule has 0 saturated heterocycles. The third-order valence-corrected chi connectivity index (χ3v) is 1.90. The average Bonchev–Trinajstić information content (AvgIpc) is 2.47. The summed E-state index contributed by atoms with van der Waals surface area (Å²) < 4.78 is 1.78. The molecule has 0 saturated carbocycles. The number of nitrogens with zero attached hydrogens (tertiary/aromatic N) is 2. The Hall–Kier alpha value is -1.51. The van der Waals surface area contributed by atoms with E-state index >= 15 is 0 Å². The molecular formula is C10H15N3. The highest BCUT2D eigenvalue weighted by atomic mass is 15.3. The molecule has 0 atom stereocenters. The first-order chi connectivity index (χ1) is 6.20. The molecule has 1 rings (SSSR count). The maximum absolute atomic E-state index is 5.84. The van der Waals surface area contributed by atoms with Crippen LogP contribution in [0, 0.1) is 0 Å². The van der Waals surface area contributed by atoms with Gasteiger partial charge in [0.2, 0.25) is 0 Å². The lowest BCUT2D eigenvalue weighted by Crippen LogP contribution is -2.04. The van der Waals surface area contributed by atoms with Crippen LogP contribution in [-0.2, 0) is 7.05 Å². The lowest BCUT2D eigenvalue weighted by atomic mass is 10.2. The van der Waals surface area contributed by atoms with Gasteiger partial charge < -0.3 is 5.73 Å². The van der Waals surface area contributed by atoms with Crippen molar-refractivity contribution in [2.45, 2.75) is 13.8 Å². The van der Waals surface area contributed by atoms with E-state index in [1.807, 2.05) is 45.3 Å². The van der Waals surface area contributed by atoms with E-state index < -0.39 is 0 Å². The van der Waals surface area contributed by atoms with Crippen molar-refractivity contribution in [2.24, 2.45) is 12.8 Å². The van der Waals surface area contributed by atoms with Crippen molar-refractivity contribution in [3.8, 4) is 0 Å². The molecule has 0 aliphatic carbocycles. The molecule has 0 aromatic carbocycles. The van der Waals surface area contributed by atoms with E-state index in [0.29, 0.717) is 0 Å². The minimum atomic E-state index is 0.758. The Bertz CT molecular complexity index is 345. The minimum absolute atomic E-state index is 0.758. The van der Waals surface area contributed by atoms with Gasteiger partial charge in [0.25, 0.3) is 0 Å². The fourth-order valence-corrected chi connectivity index (χ4v) is 1.25. The summed E-state index contributed by atoms with van der Waals surface area (Å²) in [5.41, 5.74) is 8.62. The van der Waals surface area contributed by atoms with Crippen LogP contribution in [0.25, 0.3) is 11.8 Å². The van der Waals surface area contributed by atoms with E-state index in [9.17, 15) is 0 Å². The van der Waals surface area contributed by atoms with Gasteiger partial charge in [-0.1, -0.05) is 18.2 Å². The van der Waals surface area contributed by atoms with E-state index in [4.69, 9.17) is 5.73 Å². The van der Waals surface area contributed by atoms with Crippen molar-refractivity contribution in [3.05, 3.63) is 29.6 Å². The van der Waals surface area contributed by atoms with Crippen molar-refractivity contribution in [1.82, 2.24) is 9.78 Å². The van der Waals surface area contributed by atoms with Crippen LogP contribution >= 0.6 is 0 Å². The monoisotopic (exact) mass is 177 g/mol. The van der Waals surface area contributed by atoms with Crippen LogP contribution in [0.1, 0.15) is 25.1 Å². The molecule has 0 aliphatic rings. The predicted molar refractivity (Wildman–Crippen MR) is 55.8 cm³/mol. The molecule has 0 bridgehead atoms. The molecule has 0 unspecified atom stereocenters. The van der Waals surface area contributed by atoms with Crippen LogP contribution in [0.3, 0.4) is 0 Å². The van der Waals surface area contributed by atoms with Crippen LogP contribution in [0.15, 0.2) is 18.3 Å². The zero-order chi connectivity index (χ0) is 9.84. The maximum atomic E-state index is 5.84. The Balaban J connectivity index is 3.23. The van der Waals surface area contributed by atoms with Gasteiger partial charge in [-0.25, -0.2) is 0 Å². The van der Waals surface area contributed by atoms with Gasteiger partial charge >= 0.3 is 0 Å². The van der Waals surface area contributed by atoms with Gasteiger partial charge in [-0.3, -0.25) is 4.68 Å². The molecule has 0 fully saturated rings. The highest BCUT2D eigenvalue weighted by Crippen LogP contribution is 2.15. The fourth-order valence-electron chi connectivity index (χ4n) is 1.25. The molecule has 1 heterocycles. The fraction of sp³-hybridized carbons (Fsp3) is 0.300. The summed E-state index contributed by atoms with van der Waals surface area (Å²) >= 11 is 0. The summed E-state index contributed by atoms with van der Waals surface area (Å²) in [5, 5.41) is 4.15. The normalized spacial score (nSPS) is 12.7. The van der Waals surface area contributed by atoms with Crippen molar-refractivity contribution in [2.75, 3.05) is 0 Å². The van der Waals surface area contributed by atoms with Crippen LogP contribution in [0.4, 0.5) is 0 Å². The number of allylic oxidation sites excluding steroid dienone is 2. The van der Waals surface area contributed by atoms with Crippen molar-refractivity contribution >= 4 is 11.8 Å². The molecule has 13 heavy (non-hydrogen) atoms. The molecule has 2 N–H and O–H groups in total. The van der Waals surface area contributed by atoms with Gasteiger partial charge in [-0.05, 0) is 13.8 Å². The molecule has 3 heteroatoms. The smallest absolute Gasteiger partial charge is 0.0904 e. The van der Waals surface area contributed by atoms with Gasteiger partial charge in [-0.2, -0.15) is 5.10 Å². The number of aromatic nitrogens is 2. The van der Waals surface area contributed by atoms with Gasteiger partial charge in [0.1, 0.15) is 0 Å². The first-order valence-electron chi connectivity index (χ1n) is 4.27. The summed E-state index contributed by atoms with van der Waals surface area (Å²) in [6, 6.07) is 0. The molecule has 3 nitrogen and oxygen atoms in total. The number of rotatable bonds is 2. The predicted octanol–water partition coefficient (Wildman–Crippen LogP) is 1.77. The SMILES string of the molecule is C/C=C\c1cnn(C)c1/C(N)=C\C. The first-order valence-corrected chi connectivity index (χ1v) is 4.27. The van der Waals surface area contributed by atoms with Gasteiger partial charge in [0.15, 0.2) is 0 Å². The molecule has 1 aromatic rings. The molecule has 70 valence electrons. The quantitative estimate of drug-likeness (QED) is 0.748. The minimum Gasteiger partial charge on any atom is -0.397 e. The number of nitrogens with two attached hydrogens (primary N) is 1. The number of hydrogen-bond donors (Lipinski definition) is 1. The molecule has 1 aromatic heterocycles. The van der Waals surface area contributed by atoms with E-state index in [-0.39, 0.29) is 0 Å². The molecule has 0 aliphatic heterocycles. The summed E-state index contributed by atoms with van der Waals surface area (Å²) in [4.78, 5) is 0. The van der Waals surface area contributed by atoms with Crippen LogP contribution in [0.2, 0.25) is 0 Å². The second-order valence-electron chi connectivity index (χ2n) is 2.82. The largest absolute Gasteiger partial charge is 0.397 e. The highest BCUT2D eigenvalue weighted by molar-refractivity contribution is 5.69. The van der Waals surface area contributed by atoms with Crippen molar-refractivity contribution in [1.29, 1.82) is 0 Å². The zero-order valence-corrected chi connectivity index (χ0v) is 8.28. The van der Waals surface area contributed by atoms with E-state index in [1.54, 1.807) is 4.68 Å². The Morgan fingerprint density at radius 3 is 2.77 bits per heavy atom. The lowest BCUT2D eigenvalue weighted by molar-refractivity contribution is 0.754. The molecular weight excluding hydrogens is 162 g/mol. The lowest BCUT2D eigenvalue weighted by Gasteiger charge is -2.02. The van der Waals surface area contributed by atoms with Crippen LogP contribution in [0.5, 0.6) is 0 Å². The topological polar surface area (TPSA) is 43.8 Å². The number of aryl methyl sites for hydroxylation is 1. The molecule has 0 spiro atoms. The average molecular weight is 177 g/mol. The zero-order valence-electron chi connectivity index (χ0n) is 8.28. The van der Waals surface area contributed by atoms with E-state index in [1.165, 1.54) is 0 Å². The summed E-state index contributed by atoms with van der Waals surface area (Å²) in [7, 11) is 1.89. The van der Waals surface area contributed by atoms with Gasteiger partial charge in [0.05, 0.1) is 17.6 Å². The Labute approximate surface area is 78.6 Å². The van der Waals surface area contributed by atoms with Crippen LogP contribution < -0.4 is 5.73 Å². The summed E-state index contributed by atoms with van der Waals surface area (Å²) in [6.45, 7) is 3.89. The highest BCUT2D eigenvalue weighted by Gasteiger charge is 2.06. The second kappa shape index (κ2) is 3.94. The third-order valence-electron chi connectivity index (χ3n) is 1.90. The van der Waals surface area contributed by atoms with Gasteiger partial charge in [-0.15, -0.1) is 0 Å². The third kappa shape index (κ3) is 1.80. The summed E-state index contributed by atoms with van der Waals surface area (Å²) in [5.74, 6) is 0. The Morgan fingerprint density at radius 1 is 1.54 bits per heavy atom. The molecule has 0 amide bonds. The van der Waals surface area contributed by atoms with Crippen LogP contribution in [-0.4, -0.2) is 9.78 Å². The van der Waals surface area contributed by atoms with E-state index in [2.05, 4.69) is 5.10 Å². The van der Waals surface area contributed by atoms with E-state index in [0.717, 1.165) is 17.0 Å². The Kier molecular flexibility index (Phi) is 2.90. The second-order valence-corrected chi connectivity index (χ2v) is 2.82. The molecule has 0 radical (unpaired) electrons. The maximum Gasteiger partial charge on any atom is 0.0904 e. The van der Waals surface area contributed by atoms with Crippen molar-refractivity contribution < 1.29 is 0 Å². The Morgan fingerprint density at radius 2 is 2.23 bits per heavy atom. The number of hydrogen-bond acceptors (Lipinski definition) is 2. The first kappa shape index (κ1) is 9.58. The standard InChI is InChI=1S/C10H15N3/c1-4-6-8-7-12-13(3)10(8)9(11)5-2/h4-7H,11H2,1-3H3/b6-4-,9-5+. The van der Waals surface area contributed by atoms with Gasteiger partial charge in [0, 0.05) is 12.6 Å².